The highest BCUT2D eigenvalue weighted by atomic mass is 16.5. The van der Waals surface area contributed by atoms with Crippen LogP contribution in [0.5, 0.6) is 5.75 Å². The third kappa shape index (κ3) is 4.94. The number of carbonyl (C=O) groups excluding carboxylic acids is 3. The molecule has 1 aromatic carbocycles. The number of benzene rings is 1. The summed E-state index contributed by atoms with van der Waals surface area (Å²) in [7, 11) is 0. The second-order valence-corrected chi connectivity index (χ2v) is 12.3. The number of aliphatic hydroxyl groups excluding tert-OH is 1. The maximum atomic E-state index is 14.6. The van der Waals surface area contributed by atoms with Crippen LogP contribution in [0.25, 0.3) is 0 Å². The highest BCUT2D eigenvalue weighted by Crippen LogP contribution is 2.59. The second kappa shape index (κ2) is 12.3. The summed E-state index contributed by atoms with van der Waals surface area (Å²) in [6, 6.07) is 5.73. The van der Waals surface area contributed by atoms with Crippen molar-refractivity contribution in [3.8, 4) is 5.75 Å². The van der Waals surface area contributed by atoms with E-state index in [2.05, 4.69) is 4.90 Å². The SMILES string of the molecule is CCOc1ccc(N2CC=C[C@]3(CC)O[C@]45C=CCN(CCN6CCOCC6)C(=O)C4N([C@H](C)CO)C(=O)[C@@H]5[C@@H]3C2=O)cc1. The smallest absolute Gasteiger partial charge is 0.249 e. The van der Waals surface area contributed by atoms with E-state index in [1.165, 1.54) is 4.90 Å². The Kier molecular flexibility index (Phi) is 8.58. The largest absolute Gasteiger partial charge is 0.494 e. The zero-order chi connectivity index (χ0) is 31.1. The second-order valence-electron chi connectivity index (χ2n) is 12.3. The number of likely N-dealkylation sites (tertiary alicyclic amines) is 1. The van der Waals surface area contributed by atoms with Crippen LogP contribution in [-0.2, 0) is 23.9 Å². The Hall–Kier alpha value is -3.25. The standard InChI is InChI=1S/C33H44N4O7/c1-4-32-12-6-15-36(24-8-10-25(11-9-24)43-5-2)29(39)26(32)27-30(40)37(23(3)22-38)28-31(41)35(14-7-13-33(27,28)44-32)17-16-34-18-20-42-21-19-34/h6-13,23,26-28,38H,4-5,14-22H2,1-3H3/t23-,26-,27+,28?,32+,33+/m1/s1. The summed E-state index contributed by atoms with van der Waals surface area (Å²) in [5.41, 5.74) is -1.73. The van der Waals surface area contributed by atoms with Crippen LogP contribution in [0.3, 0.4) is 0 Å². The van der Waals surface area contributed by atoms with E-state index >= 15 is 0 Å². The summed E-state index contributed by atoms with van der Waals surface area (Å²) < 4.78 is 18.1. The Morgan fingerprint density at radius 3 is 2.36 bits per heavy atom. The molecule has 0 aliphatic carbocycles. The van der Waals surface area contributed by atoms with Gasteiger partial charge >= 0.3 is 0 Å². The van der Waals surface area contributed by atoms with Gasteiger partial charge in [0.15, 0.2) is 0 Å². The van der Waals surface area contributed by atoms with Gasteiger partial charge in [0.1, 0.15) is 17.4 Å². The predicted molar refractivity (Wildman–Crippen MR) is 163 cm³/mol. The van der Waals surface area contributed by atoms with Gasteiger partial charge in [-0.1, -0.05) is 31.2 Å². The van der Waals surface area contributed by atoms with Gasteiger partial charge in [-0.3, -0.25) is 19.3 Å². The van der Waals surface area contributed by atoms with Crippen LogP contribution in [-0.4, -0.2) is 127 Å². The van der Waals surface area contributed by atoms with Crippen LogP contribution in [0.2, 0.25) is 0 Å². The number of morpholine rings is 1. The number of amides is 3. The summed E-state index contributed by atoms with van der Waals surface area (Å²) in [4.78, 5) is 50.9. The molecule has 1 N–H and O–H groups in total. The molecule has 6 atom stereocenters. The summed E-state index contributed by atoms with van der Waals surface area (Å²) in [6.45, 7) is 10.7. The van der Waals surface area contributed by atoms with Crippen molar-refractivity contribution in [2.75, 3.05) is 70.6 Å². The molecule has 5 aliphatic rings. The van der Waals surface area contributed by atoms with E-state index in [1.807, 2.05) is 62.4 Å². The highest BCUT2D eigenvalue weighted by Gasteiger charge is 2.75. The lowest BCUT2D eigenvalue weighted by molar-refractivity contribution is -0.155. The third-order valence-electron chi connectivity index (χ3n) is 9.95. The molecule has 3 fully saturated rings. The molecule has 5 heterocycles. The fraction of sp³-hybridized carbons (Fsp3) is 0.606. The van der Waals surface area contributed by atoms with Gasteiger partial charge in [-0.15, -0.1) is 0 Å². The third-order valence-corrected chi connectivity index (χ3v) is 9.95. The highest BCUT2D eigenvalue weighted by molar-refractivity contribution is 6.04. The number of anilines is 1. The normalized spacial score (nSPS) is 32.8. The zero-order valence-electron chi connectivity index (χ0n) is 25.9. The van der Waals surface area contributed by atoms with Gasteiger partial charge in [0, 0.05) is 45.0 Å². The quantitative estimate of drug-likeness (QED) is 0.420. The Morgan fingerprint density at radius 2 is 1.68 bits per heavy atom. The lowest BCUT2D eigenvalue weighted by Crippen LogP contribution is -2.59. The van der Waals surface area contributed by atoms with Gasteiger partial charge in [-0.2, -0.15) is 0 Å². The van der Waals surface area contributed by atoms with Gasteiger partial charge < -0.3 is 34.0 Å². The molecule has 0 aromatic heterocycles. The Morgan fingerprint density at radius 1 is 0.955 bits per heavy atom. The first-order valence-corrected chi connectivity index (χ1v) is 15.9. The van der Waals surface area contributed by atoms with Crippen LogP contribution in [0.15, 0.2) is 48.6 Å². The molecule has 6 rings (SSSR count). The number of nitrogens with zero attached hydrogens (tertiary/aromatic N) is 4. The lowest BCUT2D eigenvalue weighted by atomic mass is 9.73. The molecule has 3 saturated heterocycles. The summed E-state index contributed by atoms with van der Waals surface area (Å²) in [6.07, 6.45) is 8.09. The van der Waals surface area contributed by atoms with Gasteiger partial charge in [0.05, 0.1) is 49.9 Å². The molecule has 1 aromatic rings. The fourth-order valence-corrected chi connectivity index (χ4v) is 7.72. The van der Waals surface area contributed by atoms with E-state index in [4.69, 9.17) is 14.2 Å². The maximum Gasteiger partial charge on any atom is 0.249 e. The van der Waals surface area contributed by atoms with Crippen LogP contribution in [0.4, 0.5) is 5.69 Å². The van der Waals surface area contributed by atoms with Crippen molar-refractivity contribution in [3.63, 3.8) is 0 Å². The molecule has 11 nitrogen and oxygen atoms in total. The van der Waals surface area contributed by atoms with Gasteiger partial charge in [0.25, 0.3) is 0 Å². The first-order valence-electron chi connectivity index (χ1n) is 15.9. The average molecular weight is 609 g/mol. The summed E-state index contributed by atoms with van der Waals surface area (Å²) in [5.74, 6) is -1.85. The molecule has 44 heavy (non-hydrogen) atoms. The molecule has 3 amide bonds. The monoisotopic (exact) mass is 608 g/mol. The van der Waals surface area contributed by atoms with Crippen molar-refractivity contribution in [3.05, 3.63) is 48.6 Å². The van der Waals surface area contributed by atoms with Crippen LogP contribution < -0.4 is 9.64 Å². The average Bonchev–Trinajstić information content (AvgIpc) is 3.34. The van der Waals surface area contributed by atoms with Crippen LogP contribution in [0, 0.1) is 11.8 Å². The van der Waals surface area contributed by atoms with Crippen molar-refractivity contribution >= 4 is 23.4 Å². The molecule has 0 bridgehead atoms. The summed E-state index contributed by atoms with van der Waals surface area (Å²) in [5, 5.41) is 10.2. The Bertz CT molecular complexity index is 1310. The number of ether oxygens (including phenoxy) is 3. The first kappa shape index (κ1) is 30.8. The molecule has 238 valence electrons. The maximum absolute atomic E-state index is 14.6. The molecule has 5 aliphatic heterocycles. The number of aliphatic hydroxyl groups is 1. The molecule has 11 heteroatoms. The minimum atomic E-state index is -1.35. The zero-order valence-corrected chi connectivity index (χ0v) is 25.9. The Labute approximate surface area is 259 Å². The predicted octanol–water partition coefficient (Wildman–Crippen LogP) is 1.46. The number of rotatable bonds is 9. The Balaban J connectivity index is 1.38. The fourth-order valence-electron chi connectivity index (χ4n) is 7.72. The van der Waals surface area contributed by atoms with Gasteiger partial charge in [-0.05, 0) is 44.5 Å². The van der Waals surface area contributed by atoms with E-state index in [-0.39, 0.29) is 24.3 Å². The topological polar surface area (TPSA) is 112 Å². The molecule has 1 unspecified atom stereocenters. The molecule has 0 saturated carbocycles. The van der Waals surface area contributed by atoms with Crippen molar-refractivity contribution < 1.29 is 33.7 Å². The van der Waals surface area contributed by atoms with Crippen molar-refractivity contribution in [2.45, 2.75) is 50.5 Å². The van der Waals surface area contributed by atoms with E-state index < -0.39 is 35.1 Å². The molecular formula is C33H44N4O7. The van der Waals surface area contributed by atoms with E-state index in [1.54, 1.807) is 16.7 Å². The number of hydrogen-bond acceptors (Lipinski definition) is 8. The van der Waals surface area contributed by atoms with Gasteiger partial charge in [-0.25, -0.2) is 0 Å². The molecule has 0 radical (unpaired) electrons. The number of fused-ring (bicyclic) bond motifs is 2. The first-order chi connectivity index (χ1) is 21.3. The van der Waals surface area contributed by atoms with Crippen LogP contribution in [0.1, 0.15) is 27.2 Å². The van der Waals surface area contributed by atoms with E-state index in [9.17, 15) is 19.5 Å². The number of hydrogen-bond donors (Lipinski definition) is 1. The van der Waals surface area contributed by atoms with Crippen molar-refractivity contribution in [1.82, 2.24) is 14.7 Å². The van der Waals surface area contributed by atoms with E-state index in [0.29, 0.717) is 63.9 Å². The minimum Gasteiger partial charge on any atom is -0.494 e. The molecular weight excluding hydrogens is 564 g/mol. The minimum absolute atomic E-state index is 0.220. The van der Waals surface area contributed by atoms with Gasteiger partial charge in [0.2, 0.25) is 17.7 Å². The van der Waals surface area contributed by atoms with E-state index in [0.717, 1.165) is 13.1 Å². The van der Waals surface area contributed by atoms with Crippen molar-refractivity contribution in [2.24, 2.45) is 11.8 Å². The summed E-state index contributed by atoms with van der Waals surface area (Å²) >= 11 is 0. The number of carbonyl (C=O) groups is 3. The van der Waals surface area contributed by atoms with Crippen molar-refractivity contribution in [1.29, 1.82) is 0 Å². The lowest BCUT2D eigenvalue weighted by Gasteiger charge is -2.40. The van der Waals surface area contributed by atoms with Crippen LogP contribution >= 0.6 is 0 Å². The molecule has 1 spiro atoms.